The minimum absolute atomic E-state index is 0.589. The minimum atomic E-state index is 0.589. The predicted molar refractivity (Wildman–Crippen MR) is 100 cm³/mol. The highest BCUT2D eigenvalue weighted by Gasteiger charge is 2.22. The van der Waals surface area contributed by atoms with Gasteiger partial charge in [0.1, 0.15) is 12.4 Å². The van der Waals surface area contributed by atoms with Crippen molar-refractivity contribution in [2.75, 3.05) is 6.61 Å². The zero-order chi connectivity index (χ0) is 16.5. The topological polar surface area (TPSA) is 9.23 Å². The van der Waals surface area contributed by atoms with Gasteiger partial charge in [0.05, 0.1) is 0 Å². The van der Waals surface area contributed by atoms with E-state index in [4.69, 9.17) is 4.74 Å². The molecule has 0 aliphatic heterocycles. The molecule has 1 fully saturated rings. The van der Waals surface area contributed by atoms with E-state index in [0.717, 1.165) is 30.4 Å². The van der Waals surface area contributed by atoms with E-state index in [1.807, 2.05) is 6.08 Å². The molecule has 1 aliphatic carbocycles. The highest BCUT2D eigenvalue weighted by molar-refractivity contribution is 5.39. The van der Waals surface area contributed by atoms with Crippen LogP contribution in [-0.2, 0) is 6.42 Å². The summed E-state index contributed by atoms with van der Waals surface area (Å²) < 4.78 is 5.82. The molecule has 1 nitrogen and oxygen atoms in total. The summed E-state index contributed by atoms with van der Waals surface area (Å²) in [6.07, 6.45) is 15.2. The molecule has 2 rings (SSSR count). The standard InChI is InChI=1S/C22H32O/c1-4-7-9-18-10-12-19(13-11-18)20-14-15-22(23-16-6-3)21(17-20)8-5-2/h4,6-7,14-15,17-19H,3,5,8-13,16H2,1-2H3/b7-4+. The summed E-state index contributed by atoms with van der Waals surface area (Å²) in [5.41, 5.74) is 2.88. The number of ether oxygens (including phenoxy) is 1. The minimum Gasteiger partial charge on any atom is -0.489 e. The molecule has 1 aromatic rings. The average molecular weight is 312 g/mol. The zero-order valence-electron chi connectivity index (χ0n) is 14.9. The number of hydrogen-bond donors (Lipinski definition) is 0. The van der Waals surface area contributed by atoms with Crippen LogP contribution in [0.4, 0.5) is 0 Å². The Hall–Kier alpha value is -1.50. The molecule has 1 saturated carbocycles. The van der Waals surface area contributed by atoms with Crippen molar-refractivity contribution in [3.05, 3.63) is 54.1 Å². The number of aryl methyl sites for hydroxylation is 1. The number of hydrogen-bond acceptors (Lipinski definition) is 1. The normalized spacial score (nSPS) is 21.5. The molecule has 0 bridgehead atoms. The van der Waals surface area contributed by atoms with E-state index in [1.54, 1.807) is 0 Å². The van der Waals surface area contributed by atoms with Crippen LogP contribution < -0.4 is 4.74 Å². The first kappa shape index (κ1) is 17.8. The highest BCUT2D eigenvalue weighted by Crippen LogP contribution is 2.38. The Morgan fingerprint density at radius 3 is 2.65 bits per heavy atom. The first-order valence-electron chi connectivity index (χ1n) is 9.26. The van der Waals surface area contributed by atoms with Crippen LogP contribution in [0.15, 0.2) is 43.0 Å². The van der Waals surface area contributed by atoms with Crippen molar-refractivity contribution in [3.63, 3.8) is 0 Å². The Balaban J connectivity index is 2.02. The lowest BCUT2D eigenvalue weighted by Gasteiger charge is -2.28. The second-order valence-electron chi connectivity index (χ2n) is 6.74. The molecule has 0 N–H and O–H groups in total. The smallest absolute Gasteiger partial charge is 0.122 e. The maximum atomic E-state index is 5.82. The van der Waals surface area contributed by atoms with Crippen LogP contribution in [0.25, 0.3) is 0 Å². The van der Waals surface area contributed by atoms with E-state index < -0.39 is 0 Å². The molecule has 0 radical (unpaired) electrons. The lowest BCUT2D eigenvalue weighted by Crippen LogP contribution is -2.13. The van der Waals surface area contributed by atoms with Crippen molar-refractivity contribution in [1.29, 1.82) is 0 Å². The molecule has 23 heavy (non-hydrogen) atoms. The second kappa shape index (κ2) is 9.60. The van der Waals surface area contributed by atoms with Crippen molar-refractivity contribution < 1.29 is 4.74 Å². The summed E-state index contributed by atoms with van der Waals surface area (Å²) in [5, 5.41) is 0. The molecule has 0 spiro atoms. The Bertz CT molecular complexity index is 507. The van der Waals surface area contributed by atoms with Gasteiger partial charge in [-0.2, -0.15) is 0 Å². The summed E-state index contributed by atoms with van der Waals surface area (Å²) in [5.74, 6) is 2.67. The summed E-state index contributed by atoms with van der Waals surface area (Å²) >= 11 is 0. The van der Waals surface area contributed by atoms with Crippen molar-refractivity contribution in [3.8, 4) is 5.75 Å². The van der Waals surface area contributed by atoms with Gasteiger partial charge in [-0.1, -0.05) is 50.3 Å². The second-order valence-corrected chi connectivity index (χ2v) is 6.74. The fraction of sp³-hybridized carbons (Fsp3) is 0.545. The maximum absolute atomic E-state index is 5.82. The van der Waals surface area contributed by atoms with Gasteiger partial charge < -0.3 is 4.74 Å². The van der Waals surface area contributed by atoms with Crippen LogP contribution in [0.3, 0.4) is 0 Å². The van der Waals surface area contributed by atoms with Gasteiger partial charge in [-0.25, -0.2) is 0 Å². The largest absolute Gasteiger partial charge is 0.489 e. The number of allylic oxidation sites excluding steroid dienone is 2. The summed E-state index contributed by atoms with van der Waals surface area (Å²) in [6, 6.07) is 6.86. The molecule has 0 aromatic heterocycles. The van der Waals surface area contributed by atoms with Gasteiger partial charge in [-0.15, -0.1) is 0 Å². The van der Waals surface area contributed by atoms with Crippen molar-refractivity contribution in [2.24, 2.45) is 5.92 Å². The van der Waals surface area contributed by atoms with E-state index in [2.05, 4.69) is 50.8 Å². The Kier molecular flexibility index (Phi) is 7.45. The zero-order valence-corrected chi connectivity index (χ0v) is 14.9. The van der Waals surface area contributed by atoms with Crippen LogP contribution in [0.5, 0.6) is 5.75 Å². The molecule has 0 unspecified atom stereocenters. The van der Waals surface area contributed by atoms with E-state index >= 15 is 0 Å². The molecule has 0 amide bonds. The van der Waals surface area contributed by atoms with Crippen molar-refractivity contribution >= 4 is 0 Å². The molecule has 1 aromatic carbocycles. The van der Waals surface area contributed by atoms with Crippen LogP contribution in [0.1, 0.15) is 69.4 Å². The van der Waals surface area contributed by atoms with Gasteiger partial charge in [-0.05, 0) is 74.5 Å². The van der Waals surface area contributed by atoms with E-state index in [-0.39, 0.29) is 0 Å². The fourth-order valence-corrected chi connectivity index (χ4v) is 3.67. The van der Waals surface area contributed by atoms with Gasteiger partial charge in [0.2, 0.25) is 0 Å². The molecule has 1 aliphatic rings. The number of benzene rings is 1. The highest BCUT2D eigenvalue weighted by atomic mass is 16.5. The molecular weight excluding hydrogens is 280 g/mol. The number of rotatable bonds is 8. The molecule has 0 saturated heterocycles. The molecular formula is C22H32O. The van der Waals surface area contributed by atoms with E-state index in [0.29, 0.717) is 6.61 Å². The van der Waals surface area contributed by atoms with Crippen LogP contribution in [-0.4, -0.2) is 6.61 Å². The van der Waals surface area contributed by atoms with Crippen LogP contribution in [0, 0.1) is 5.92 Å². The third-order valence-corrected chi connectivity index (χ3v) is 4.98. The summed E-state index contributed by atoms with van der Waals surface area (Å²) in [4.78, 5) is 0. The van der Waals surface area contributed by atoms with Gasteiger partial charge in [0, 0.05) is 0 Å². The maximum Gasteiger partial charge on any atom is 0.122 e. The van der Waals surface area contributed by atoms with Crippen LogP contribution >= 0.6 is 0 Å². The summed E-state index contributed by atoms with van der Waals surface area (Å²) in [6.45, 7) is 8.68. The summed E-state index contributed by atoms with van der Waals surface area (Å²) in [7, 11) is 0. The third kappa shape index (κ3) is 5.27. The first-order valence-corrected chi connectivity index (χ1v) is 9.26. The van der Waals surface area contributed by atoms with Gasteiger partial charge >= 0.3 is 0 Å². The van der Waals surface area contributed by atoms with E-state index in [1.165, 1.54) is 43.2 Å². The third-order valence-electron chi connectivity index (χ3n) is 4.98. The molecule has 0 heterocycles. The lowest BCUT2D eigenvalue weighted by molar-refractivity contribution is 0.327. The van der Waals surface area contributed by atoms with Gasteiger partial charge in [-0.3, -0.25) is 0 Å². The fourth-order valence-electron chi connectivity index (χ4n) is 3.67. The quantitative estimate of drug-likeness (QED) is 0.502. The SMILES string of the molecule is C=CCOc1ccc(C2CCC(C/C=C/C)CC2)cc1CCC. The Morgan fingerprint density at radius 1 is 1.22 bits per heavy atom. The van der Waals surface area contributed by atoms with Crippen LogP contribution in [0.2, 0.25) is 0 Å². The monoisotopic (exact) mass is 312 g/mol. The lowest BCUT2D eigenvalue weighted by atomic mass is 9.77. The van der Waals surface area contributed by atoms with Crippen molar-refractivity contribution in [2.45, 2.75) is 64.7 Å². The van der Waals surface area contributed by atoms with Crippen molar-refractivity contribution in [1.82, 2.24) is 0 Å². The van der Waals surface area contributed by atoms with E-state index in [9.17, 15) is 0 Å². The molecule has 126 valence electrons. The van der Waals surface area contributed by atoms with Gasteiger partial charge in [0.15, 0.2) is 0 Å². The Labute approximate surface area is 142 Å². The average Bonchev–Trinajstić information content (AvgIpc) is 2.59. The predicted octanol–water partition coefficient (Wildman–Crippen LogP) is 6.44. The first-order chi connectivity index (χ1) is 11.3. The molecule has 1 heteroatoms. The Morgan fingerprint density at radius 2 is 2.00 bits per heavy atom. The van der Waals surface area contributed by atoms with Gasteiger partial charge in [0.25, 0.3) is 0 Å². The molecule has 0 atom stereocenters.